The molecule has 0 atom stereocenters. The number of allylic oxidation sites excluding steroid dienone is 1. The van der Waals surface area contributed by atoms with E-state index in [0.29, 0.717) is 0 Å². The maximum atomic E-state index is 10.00. The van der Waals surface area contributed by atoms with Crippen molar-refractivity contribution in [3.05, 3.63) is 12.2 Å². The number of rotatable bonds is 4. The number of hydrogen-bond donors (Lipinski definition) is 1. The molecule has 0 bridgehead atoms. The average Bonchev–Trinajstić information content (AvgIpc) is 1.87. The summed E-state index contributed by atoms with van der Waals surface area (Å²) in [7, 11) is 0. The van der Waals surface area contributed by atoms with Gasteiger partial charge in [0.15, 0.2) is 0 Å². The van der Waals surface area contributed by atoms with Crippen molar-refractivity contribution in [2.45, 2.75) is 19.8 Å². The second kappa shape index (κ2) is 6.13. The number of carbonyl (C=O) groups is 1. The fraction of sp³-hybridized carbons (Fsp3) is 0.571. The monoisotopic (exact) mass is 143 g/mol. The molecule has 0 unspecified atom stereocenters. The lowest BCUT2D eigenvalue weighted by atomic mass is 10.3. The van der Waals surface area contributed by atoms with Gasteiger partial charge in [-0.25, -0.2) is 4.79 Å². The van der Waals surface area contributed by atoms with Crippen LogP contribution in [0.5, 0.6) is 0 Å². The third-order valence-electron chi connectivity index (χ3n) is 0.944. The fourth-order valence-corrected chi connectivity index (χ4v) is 0.483. The third kappa shape index (κ3) is 7.01. The Hall–Kier alpha value is -0.990. The highest BCUT2D eigenvalue weighted by molar-refractivity contribution is 5.64. The van der Waals surface area contributed by atoms with Crippen LogP contribution in [0.4, 0.5) is 4.79 Å². The summed E-state index contributed by atoms with van der Waals surface area (Å²) < 4.78 is 4.44. The van der Waals surface area contributed by atoms with Gasteiger partial charge in [-0.05, 0) is 6.42 Å². The lowest BCUT2D eigenvalue weighted by molar-refractivity contribution is 0.169. The topological polar surface area (TPSA) is 52.3 Å². The van der Waals surface area contributed by atoms with Crippen molar-refractivity contribution in [3.8, 4) is 0 Å². The molecule has 3 heteroatoms. The van der Waals surface area contributed by atoms with Crippen LogP contribution in [0.15, 0.2) is 12.2 Å². The Balaban J connectivity index is 3.10. The SMILES string of the molecule is CCCC=CCOC(N)=O. The summed E-state index contributed by atoms with van der Waals surface area (Å²) in [5.41, 5.74) is 4.71. The van der Waals surface area contributed by atoms with Gasteiger partial charge >= 0.3 is 6.09 Å². The summed E-state index contributed by atoms with van der Waals surface area (Å²) in [6.07, 6.45) is 5.15. The molecule has 58 valence electrons. The van der Waals surface area contributed by atoms with E-state index < -0.39 is 6.09 Å². The second-order valence-electron chi connectivity index (χ2n) is 1.89. The van der Waals surface area contributed by atoms with Crippen molar-refractivity contribution in [2.75, 3.05) is 6.61 Å². The molecular weight excluding hydrogens is 130 g/mol. The molecule has 0 aromatic carbocycles. The molecule has 0 rings (SSSR count). The Labute approximate surface area is 60.9 Å². The molecule has 0 aliphatic rings. The predicted molar refractivity (Wildman–Crippen MR) is 39.6 cm³/mol. The Morgan fingerprint density at radius 3 is 2.80 bits per heavy atom. The van der Waals surface area contributed by atoms with Gasteiger partial charge in [-0.15, -0.1) is 0 Å². The molecule has 0 aromatic rings. The van der Waals surface area contributed by atoms with E-state index >= 15 is 0 Å². The summed E-state index contributed by atoms with van der Waals surface area (Å²) >= 11 is 0. The van der Waals surface area contributed by atoms with E-state index in [1.807, 2.05) is 6.08 Å². The standard InChI is InChI=1S/C7H13NO2/c1-2-3-4-5-6-10-7(8)9/h4-5H,2-3,6H2,1H3,(H2,8,9). The highest BCUT2D eigenvalue weighted by Gasteiger charge is 1.86. The van der Waals surface area contributed by atoms with Gasteiger partial charge in [-0.1, -0.05) is 25.5 Å². The van der Waals surface area contributed by atoms with Gasteiger partial charge in [0.1, 0.15) is 6.61 Å². The van der Waals surface area contributed by atoms with Crippen LogP contribution in [0.3, 0.4) is 0 Å². The number of carbonyl (C=O) groups excluding carboxylic acids is 1. The normalized spacial score (nSPS) is 10.1. The molecule has 0 aromatic heterocycles. The van der Waals surface area contributed by atoms with Gasteiger partial charge in [0.2, 0.25) is 0 Å². The fourth-order valence-electron chi connectivity index (χ4n) is 0.483. The van der Waals surface area contributed by atoms with E-state index in [0.717, 1.165) is 12.8 Å². The first-order valence-electron chi connectivity index (χ1n) is 3.34. The zero-order valence-corrected chi connectivity index (χ0v) is 6.17. The first-order valence-corrected chi connectivity index (χ1v) is 3.34. The molecule has 0 fully saturated rings. The van der Waals surface area contributed by atoms with Gasteiger partial charge in [-0.2, -0.15) is 0 Å². The smallest absolute Gasteiger partial charge is 0.404 e. The summed E-state index contributed by atoms with van der Waals surface area (Å²) in [6.45, 7) is 2.37. The quantitative estimate of drug-likeness (QED) is 0.605. The molecule has 3 nitrogen and oxygen atoms in total. The molecule has 0 saturated carbocycles. The maximum absolute atomic E-state index is 10.00. The van der Waals surface area contributed by atoms with Gasteiger partial charge in [-0.3, -0.25) is 0 Å². The Morgan fingerprint density at radius 1 is 1.60 bits per heavy atom. The van der Waals surface area contributed by atoms with Gasteiger partial charge in [0, 0.05) is 0 Å². The Kier molecular flexibility index (Phi) is 5.53. The highest BCUT2D eigenvalue weighted by atomic mass is 16.5. The van der Waals surface area contributed by atoms with Crippen LogP contribution in [-0.2, 0) is 4.74 Å². The van der Waals surface area contributed by atoms with E-state index in [4.69, 9.17) is 5.73 Å². The molecule has 0 aliphatic carbocycles. The molecule has 0 saturated heterocycles. The van der Waals surface area contributed by atoms with E-state index in [1.54, 1.807) is 6.08 Å². The molecule has 1 amide bonds. The number of unbranched alkanes of at least 4 members (excludes halogenated alkanes) is 1. The molecule has 0 heterocycles. The first kappa shape index (κ1) is 9.01. The minimum Gasteiger partial charge on any atom is -0.445 e. The van der Waals surface area contributed by atoms with Crippen LogP contribution < -0.4 is 5.73 Å². The van der Waals surface area contributed by atoms with Crippen LogP contribution >= 0.6 is 0 Å². The minimum atomic E-state index is -0.721. The number of ether oxygens (including phenoxy) is 1. The molecule has 0 spiro atoms. The zero-order valence-electron chi connectivity index (χ0n) is 6.17. The van der Waals surface area contributed by atoms with Gasteiger partial charge in [0.25, 0.3) is 0 Å². The van der Waals surface area contributed by atoms with Crippen molar-refractivity contribution in [1.82, 2.24) is 0 Å². The second-order valence-corrected chi connectivity index (χ2v) is 1.89. The predicted octanol–water partition coefficient (Wildman–Crippen LogP) is 1.44. The number of amides is 1. The van der Waals surface area contributed by atoms with Crippen molar-refractivity contribution >= 4 is 6.09 Å². The largest absolute Gasteiger partial charge is 0.445 e. The summed E-state index contributed by atoms with van der Waals surface area (Å²) in [4.78, 5) is 10.00. The highest BCUT2D eigenvalue weighted by Crippen LogP contribution is 1.87. The molecular formula is C7H13NO2. The Morgan fingerprint density at radius 2 is 2.30 bits per heavy atom. The zero-order chi connectivity index (χ0) is 7.82. The van der Waals surface area contributed by atoms with Gasteiger partial charge < -0.3 is 10.5 Å². The van der Waals surface area contributed by atoms with E-state index in [1.165, 1.54) is 0 Å². The summed E-state index contributed by atoms with van der Waals surface area (Å²) in [5.74, 6) is 0. The van der Waals surface area contributed by atoms with E-state index in [2.05, 4.69) is 11.7 Å². The van der Waals surface area contributed by atoms with Crippen molar-refractivity contribution in [2.24, 2.45) is 5.73 Å². The van der Waals surface area contributed by atoms with E-state index in [9.17, 15) is 4.79 Å². The first-order chi connectivity index (χ1) is 4.77. The summed E-state index contributed by atoms with van der Waals surface area (Å²) in [6, 6.07) is 0. The van der Waals surface area contributed by atoms with Crippen molar-refractivity contribution in [3.63, 3.8) is 0 Å². The third-order valence-corrected chi connectivity index (χ3v) is 0.944. The van der Waals surface area contributed by atoms with Crippen molar-refractivity contribution < 1.29 is 9.53 Å². The van der Waals surface area contributed by atoms with Crippen molar-refractivity contribution in [1.29, 1.82) is 0 Å². The summed E-state index contributed by atoms with van der Waals surface area (Å²) in [5, 5.41) is 0. The van der Waals surface area contributed by atoms with Crippen LogP contribution in [-0.4, -0.2) is 12.7 Å². The maximum Gasteiger partial charge on any atom is 0.404 e. The average molecular weight is 143 g/mol. The van der Waals surface area contributed by atoms with Crippen LogP contribution in [0.25, 0.3) is 0 Å². The Bertz CT molecular complexity index is 121. The van der Waals surface area contributed by atoms with E-state index in [-0.39, 0.29) is 6.61 Å². The van der Waals surface area contributed by atoms with Crippen LogP contribution in [0.2, 0.25) is 0 Å². The lowest BCUT2D eigenvalue weighted by Gasteiger charge is -1.92. The number of primary amides is 1. The number of nitrogens with two attached hydrogens (primary N) is 1. The minimum absolute atomic E-state index is 0.287. The van der Waals surface area contributed by atoms with Crippen LogP contribution in [0.1, 0.15) is 19.8 Å². The molecule has 0 aliphatic heterocycles. The molecule has 2 N–H and O–H groups in total. The molecule has 0 radical (unpaired) electrons. The number of hydrogen-bond acceptors (Lipinski definition) is 2. The van der Waals surface area contributed by atoms with Crippen LogP contribution in [0, 0.1) is 0 Å². The van der Waals surface area contributed by atoms with Gasteiger partial charge in [0.05, 0.1) is 0 Å². The lowest BCUT2D eigenvalue weighted by Crippen LogP contribution is -2.12. The molecule has 10 heavy (non-hydrogen) atoms.